The summed E-state index contributed by atoms with van der Waals surface area (Å²) in [6.45, 7) is 4.57. The van der Waals surface area contributed by atoms with Crippen LogP contribution in [-0.4, -0.2) is 54.5 Å². The second-order valence-electron chi connectivity index (χ2n) is 8.63. The van der Waals surface area contributed by atoms with Crippen LogP contribution >= 0.6 is 23.2 Å². The Labute approximate surface area is 214 Å². The van der Waals surface area contributed by atoms with Gasteiger partial charge in [0.15, 0.2) is 12.2 Å². The fourth-order valence-electron chi connectivity index (χ4n) is 4.09. The Morgan fingerprint density at radius 1 is 1.14 bits per heavy atom. The average Bonchev–Trinajstić information content (AvgIpc) is 2.84. The van der Waals surface area contributed by atoms with Crippen LogP contribution in [0.25, 0.3) is 0 Å². The monoisotopic (exact) mass is 519 g/mol. The van der Waals surface area contributed by atoms with Crippen molar-refractivity contribution in [3.8, 4) is 11.5 Å². The second-order valence-corrected chi connectivity index (χ2v) is 9.48. The smallest absolute Gasteiger partial charge is 0.268 e. The summed E-state index contributed by atoms with van der Waals surface area (Å²) >= 11 is 12.0. The summed E-state index contributed by atoms with van der Waals surface area (Å²) in [4.78, 5) is 41.8. The van der Waals surface area contributed by atoms with E-state index in [0.717, 1.165) is 19.3 Å². The molecule has 8 nitrogen and oxygen atoms in total. The zero-order valence-corrected chi connectivity index (χ0v) is 21.1. The van der Waals surface area contributed by atoms with Gasteiger partial charge in [0.05, 0.1) is 10.7 Å². The van der Waals surface area contributed by atoms with Crippen LogP contribution in [0.15, 0.2) is 36.4 Å². The molecule has 0 radical (unpaired) electrons. The first-order valence-electron chi connectivity index (χ1n) is 11.6. The van der Waals surface area contributed by atoms with Gasteiger partial charge >= 0.3 is 0 Å². The van der Waals surface area contributed by atoms with Gasteiger partial charge in [0.25, 0.3) is 11.8 Å². The van der Waals surface area contributed by atoms with Gasteiger partial charge in [0, 0.05) is 23.8 Å². The summed E-state index contributed by atoms with van der Waals surface area (Å²) in [7, 11) is 0. The third-order valence-corrected chi connectivity index (χ3v) is 6.53. The van der Waals surface area contributed by atoms with Crippen molar-refractivity contribution in [1.82, 2.24) is 4.90 Å². The third-order valence-electron chi connectivity index (χ3n) is 6.00. The zero-order valence-electron chi connectivity index (χ0n) is 19.6. The summed E-state index contributed by atoms with van der Waals surface area (Å²) in [6.07, 6.45) is 1.46. The van der Waals surface area contributed by atoms with Crippen molar-refractivity contribution in [3.63, 3.8) is 0 Å². The predicted molar refractivity (Wildman–Crippen MR) is 134 cm³/mol. The summed E-state index contributed by atoms with van der Waals surface area (Å²) in [5.41, 5.74) is 0.873. The molecule has 2 unspecified atom stereocenters. The Kier molecular flexibility index (Phi) is 7.72. The highest BCUT2D eigenvalue weighted by atomic mass is 35.5. The highest BCUT2D eigenvalue weighted by molar-refractivity contribution is 6.35. The molecule has 2 heterocycles. The Hall–Kier alpha value is -2.97. The number of likely N-dealkylation sites (tertiary alicyclic amines) is 1. The molecular formula is C25H27Cl2N3O5. The molecule has 1 fully saturated rings. The van der Waals surface area contributed by atoms with Crippen LogP contribution in [0.4, 0.5) is 11.4 Å². The Bertz CT molecular complexity index is 1140. The van der Waals surface area contributed by atoms with Crippen LogP contribution in [0.5, 0.6) is 11.5 Å². The number of nitrogens with one attached hydrogen (secondary N) is 1. The number of hydrogen-bond acceptors (Lipinski definition) is 5. The highest BCUT2D eigenvalue weighted by Gasteiger charge is 2.34. The maximum absolute atomic E-state index is 12.9. The number of carbonyl (C=O) groups is 3. The molecule has 4 rings (SSSR count). The minimum atomic E-state index is -0.862. The summed E-state index contributed by atoms with van der Waals surface area (Å²) in [5, 5.41) is 3.54. The highest BCUT2D eigenvalue weighted by Crippen LogP contribution is 2.36. The first kappa shape index (κ1) is 25.1. The molecule has 0 bridgehead atoms. The van der Waals surface area contributed by atoms with Crippen molar-refractivity contribution >= 4 is 52.3 Å². The van der Waals surface area contributed by atoms with E-state index < -0.39 is 18.1 Å². The molecule has 1 N–H and O–H groups in total. The van der Waals surface area contributed by atoms with Gasteiger partial charge in [-0.3, -0.25) is 19.3 Å². The second kappa shape index (κ2) is 10.7. The molecule has 2 aliphatic heterocycles. The minimum Gasteiger partial charge on any atom is -0.479 e. The van der Waals surface area contributed by atoms with Gasteiger partial charge in [-0.15, -0.1) is 0 Å². The molecule has 0 saturated carbocycles. The number of nitrogens with zero attached hydrogens (tertiary/aromatic N) is 2. The van der Waals surface area contributed by atoms with E-state index in [9.17, 15) is 14.4 Å². The van der Waals surface area contributed by atoms with E-state index in [0.29, 0.717) is 46.0 Å². The van der Waals surface area contributed by atoms with Gasteiger partial charge in [0.2, 0.25) is 5.91 Å². The molecule has 0 spiro atoms. The van der Waals surface area contributed by atoms with E-state index in [1.165, 1.54) is 11.0 Å². The molecule has 0 aliphatic carbocycles. The molecule has 35 heavy (non-hydrogen) atoms. The predicted octanol–water partition coefficient (Wildman–Crippen LogP) is 4.53. The normalized spacial score (nSPS) is 18.4. The lowest BCUT2D eigenvalue weighted by Crippen LogP contribution is -2.50. The number of carbonyl (C=O) groups excluding carboxylic acids is 3. The van der Waals surface area contributed by atoms with Crippen molar-refractivity contribution in [2.75, 3.05) is 29.9 Å². The van der Waals surface area contributed by atoms with E-state index in [1.807, 2.05) is 0 Å². The number of anilines is 2. The fourth-order valence-corrected chi connectivity index (χ4v) is 4.54. The Balaban J connectivity index is 1.49. The van der Waals surface area contributed by atoms with Crippen LogP contribution in [-0.2, 0) is 14.4 Å². The standard InChI is InChI=1S/C25H27Cl2N3O5/c1-15(34-21-8-6-17(26)12-19(21)27)24(32)28-18-7-9-22-20(13-18)30(25(33)16(2)35-22)14-23(31)29-10-4-3-5-11-29/h6-9,12-13,15-16H,3-5,10-11,14H2,1-2H3,(H,28,32). The summed E-state index contributed by atoms with van der Waals surface area (Å²) in [6, 6.07) is 9.72. The lowest BCUT2D eigenvalue weighted by molar-refractivity contribution is -0.133. The molecule has 0 aromatic heterocycles. The van der Waals surface area contributed by atoms with Crippen LogP contribution < -0.4 is 19.7 Å². The minimum absolute atomic E-state index is 0.0779. The number of amides is 3. The molecule has 10 heteroatoms. The summed E-state index contributed by atoms with van der Waals surface area (Å²) < 4.78 is 11.4. The van der Waals surface area contributed by atoms with Gasteiger partial charge in [-0.2, -0.15) is 0 Å². The van der Waals surface area contributed by atoms with E-state index in [2.05, 4.69) is 5.32 Å². The maximum atomic E-state index is 12.9. The van der Waals surface area contributed by atoms with Gasteiger partial charge < -0.3 is 19.7 Å². The summed E-state index contributed by atoms with van der Waals surface area (Å²) in [5.74, 6) is -0.0171. The Morgan fingerprint density at radius 3 is 2.60 bits per heavy atom. The lowest BCUT2D eigenvalue weighted by Gasteiger charge is -2.35. The van der Waals surface area contributed by atoms with Gasteiger partial charge in [-0.05, 0) is 69.5 Å². The van der Waals surface area contributed by atoms with Crippen LogP contribution in [0.1, 0.15) is 33.1 Å². The number of halogens is 2. The van der Waals surface area contributed by atoms with Crippen molar-refractivity contribution in [2.24, 2.45) is 0 Å². The average molecular weight is 520 g/mol. The first-order chi connectivity index (χ1) is 16.7. The third kappa shape index (κ3) is 5.82. The first-order valence-corrected chi connectivity index (χ1v) is 12.3. The molecule has 3 amide bonds. The van der Waals surface area contributed by atoms with Crippen LogP contribution in [0.3, 0.4) is 0 Å². The van der Waals surface area contributed by atoms with Crippen molar-refractivity contribution in [3.05, 3.63) is 46.4 Å². The van der Waals surface area contributed by atoms with Crippen LogP contribution in [0, 0.1) is 0 Å². The zero-order chi connectivity index (χ0) is 25.1. The molecule has 1 saturated heterocycles. The fraction of sp³-hybridized carbons (Fsp3) is 0.400. The number of piperidine rings is 1. The number of benzene rings is 2. The quantitative estimate of drug-likeness (QED) is 0.605. The molecule has 2 aromatic carbocycles. The maximum Gasteiger partial charge on any atom is 0.268 e. The van der Waals surface area contributed by atoms with Gasteiger partial charge in [0.1, 0.15) is 18.0 Å². The van der Waals surface area contributed by atoms with Crippen molar-refractivity contribution in [1.29, 1.82) is 0 Å². The lowest BCUT2D eigenvalue weighted by atomic mass is 10.1. The van der Waals surface area contributed by atoms with Crippen LogP contribution in [0.2, 0.25) is 10.0 Å². The molecule has 2 atom stereocenters. The Morgan fingerprint density at radius 2 is 1.89 bits per heavy atom. The van der Waals surface area contributed by atoms with Gasteiger partial charge in [-0.1, -0.05) is 23.2 Å². The molecule has 186 valence electrons. The molecule has 2 aromatic rings. The molecule has 2 aliphatic rings. The van der Waals surface area contributed by atoms with E-state index in [-0.39, 0.29) is 18.4 Å². The van der Waals surface area contributed by atoms with Gasteiger partial charge in [-0.25, -0.2) is 0 Å². The van der Waals surface area contributed by atoms with Crippen molar-refractivity contribution < 1.29 is 23.9 Å². The molecular weight excluding hydrogens is 493 g/mol. The number of ether oxygens (including phenoxy) is 2. The topological polar surface area (TPSA) is 88.2 Å². The largest absolute Gasteiger partial charge is 0.479 e. The van der Waals surface area contributed by atoms with Crippen molar-refractivity contribution in [2.45, 2.75) is 45.3 Å². The van der Waals surface area contributed by atoms with E-state index in [1.54, 1.807) is 49.1 Å². The number of rotatable bonds is 6. The van der Waals surface area contributed by atoms with E-state index >= 15 is 0 Å². The SMILES string of the molecule is CC(Oc1ccc(Cl)cc1Cl)C(=O)Nc1ccc2c(c1)N(CC(=O)N1CCCCC1)C(=O)C(C)O2. The van der Waals surface area contributed by atoms with E-state index in [4.69, 9.17) is 32.7 Å². The number of hydrogen-bond donors (Lipinski definition) is 1. The number of fused-ring (bicyclic) bond motifs is 1.